The number of aryl methyl sites for hydroxylation is 1. The third kappa shape index (κ3) is 8.53. The van der Waals surface area contributed by atoms with Gasteiger partial charge in [-0.2, -0.15) is 0 Å². The van der Waals surface area contributed by atoms with Crippen LogP contribution in [0.1, 0.15) is 31.4 Å². The molecular formula is C28H34N2O7S. The second-order valence-electron chi connectivity index (χ2n) is 9.50. The van der Waals surface area contributed by atoms with Crippen molar-refractivity contribution in [2.24, 2.45) is 11.8 Å². The zero-order valence-electron chi connectivity index (χ0n) is 21.8. The molecule has 10 heteroatoms. The molecule has 0 saturated heterocycles. The van der Waals surface area contributed by atoms with E-state index >= 15 is 0 Å². The van der Waals surface area contributed by atoms with Crippen LogP contribution >= 0.6 is 0 Å². The molecule has 2 aromatic rings. The molecule has 0 aliphatic carbocycles. The highest BCUT2D eigenvalue weighted by molar-refractivity contribution is 7.89. The summed E-state index contributed by atoms with van der Waals surface area (Å²) >= 11 is 0. The van der Waals surface area contributed by atoms with Gasteiger partial charge in [0.25, 0.3) is 0 Å². The molecule has 0 aromatic heterocycles. The Kier molecular flexibility index (Phi) is 10.2. The van der Waals surface area contributed by atoms with E-state index in [1.165, 1.54) is 12.1 Å². The third-order valence-corrected chi connectivity index (χ3v) is 7.73. The van der Waals surface area contributed by atoms with E-state index in [0.29, 0.717) is 0 Å². The van der Waals surface area contributed by atoms with Gasteiger partial charge in [0.1, 0.15) is 19.3 Å². The van der Waals surface area contributed by atoms with E-state index in [1.54, 1.807) is 38.1 Å². The fourth-order valence-electron chi connectivity index (χ4n) is 3.77. The summed E-state index contributed by atoms with van der Waals surface area (Å²) in [5, 5.41) is 2.70. The SMILES string of the molecule is Cc1ccc(S(=O)(=O)N[C@H]2COC(=O)[C@H](Cc3ccccc3)NC(=O)[C@@H](C)COC(=O)C/C=C/[C@@H]2C)cc1. The van der Waals surface area contributed by atoms with Gasteiger partial charge in [-0.25, -0.2) is 17.9 Å². The number of carbonyl (C=O) groups excluding carboxylic acids is 3. The van der Waals surface area contributed by atoms with E-state index < -0.39 is 51.8 Å². The quantitative estimate of drug-likeness (QED) is 0.439. The van der Waals surface area contributed by atoms with Crippen LogP contribution in [0.25, 0.3) is 0 Å². The van der Waals surface area contributed by atoms with Crippen molar-refractivity contribution in [2.45, 2.75) is 50.6 Å². The summed E-state index contributed by atoms with van der Waals surface area (Å²) in [5.74, 6) is -2.81. The first-order valence-corrected chi connectivity index (χ1v) is 14.0. The normalized spacial score (nSPS) is 24.8. The Bertz CT molecular complexity index is 1240. The Morgan fingerprint density at radius 1 is 0.947 bits per heavy atom. The minimum absolute atomic E-state index is 0.0491. The molecule has 0 radical (unpaired) electrons. The predicted octanol–water partition coefficient (Wildman–Crippen LogP) is 2.69. The molecule has 1 aliphatic rings. The molecule has 204 valence electrons. The largest absolute Gasteiger partial charge is 0.465 e. The number of hydrogen-bond acceptors (Lipinski definition) is 7. The maximum absolute atomic E-state index is 13.2. The lowest BCUT2D eigenvalue weighted by Gasteiger charge is -2.25. The number of ether oxygens (including phenoxy) is 2. The summed E-state index contributed by atoms with van der Waals surface area (Å²) in [6, 6.07) is 13.7. The smallest absolute Gasteiger partial charge is 0.329 e. The minimum atomic E-state index is -3.94. The van der Waals surface area contributed by atoms with Crippen LogP contribution < -0.4 is 10.0 Å². The number of rotatable bonds is 5. The van der Waals surface area contributed by atoms with Crippen LogP contribution in [0, 0.1) is 18.8 Å². The van der Waals surface area contributed by atoms with Crippen molar-refractivity contribution in [3.05, 3.63) is 77.9 Å². The van der Waals surface area contributed by atoms with Crippen molar-refractivity contribution in [1.29, 1.82) is 0 Å². The average molecular weight is 543 g/mol. The first kappa shape index (κ1) is 29.1. The van der Waals surface area contributed by atoms with Gasteiger partial charge in [0.2, 0.25) is 15.9 Å². The van der Waals surface area contributed by atoms with E-state index in [2.05, 4.69) is 10.0 Å². The summed E-state index contributed by atoms with van der Waals surface area (Å²) in [6.45, 7) is 4.78. The Morgan fingerprint density at radius 2 is 1.63 bits per heavy atom. The van der Waals surface area contributed by atoms with Crippen molar-refractivity contribution < 1.29 is 32.3 Å². The molecule has 1 aliphatic heterocycles. The van der Waals surface area contributed by atoms with Crippen LogP contribution in [0.15, 0.2) is 71.6 Å². The number of esters is 2. The highest BCUT2D eigenvalue weighted by Crippen LogP contribution is 2.16. The Morgan fingerprint density at radius 3 is 2.32 bits per heavy atom. The molecule has 0 saturated carbocycles. The van der Waals surface area contributed by atoms with Crippen LogP contribution in [-0.2, 0) is 40.3 Å². The molecule has 0 fully saturated rings. The summed E-state index contributed by atoms with van der Waals surface area (Å²) in [6.07, 6.45) is 3.37. The number of benzene rings is 2. The van der Waals surface area contributed by atoms with Crippen molar-refractivity contribution in [1.82, 2.24) is 10.0 Å². The minimum Gasteiger partial charge on any atom is -0.465 e. The lowest BCUT2D eigenvalue weighted by atomic mass is 10.0. The van der Waals surface area contributed by atoms with Gasteiger partial charge in [-0.3, -0.25) is 9.59 Å². The van der Waals surface area contributed by atoms with Crippen LogP contribution in [0.3, 0.4) is 0 Å². The van der Waals surface area contributed by atoms with E-state index in [0.717, 1.165) is 11.1 Å². The van der Waals surface area contributed by atoms with Gasteiger partial charge in [0.15, 0.2) is 0 Å². The maximum Gasteiger partial charge on any atom is 0.329 e. The average Bonchev–Trinajstić information content (AvgIpc) is 2.89. The molecule has 0 spiro atoms. The Labute approximate surface area is 223 Å². The zero-order valence-corrected chi connectivity index (χ0v) is 22.6. The molecule has 9 nitrogen and oxygen atoms in total. The summed E-state index contributed by atoms with van der Waals surface area (Å²) in [7, 11) is -3.94. The molecule has 38 heavy (non-hydrogen) atoms. The number of hydrogen-bond donors (Lipinski definition) is 2. The molecule has 0 bridgehead atoms. The van der Waals surface area contributed by atoms with Gasteiger partial charge >= 0.3 is 11.9 Å². The topological polar surface area (TPSA) is 128 Å². The van der Waals surface area contributed by atoms with E-state index in [-0.39, 0.29) is 31.0 Å². The predicted molar refractivity (Wildman–Crippen MR) is 141 cm³/mol. The molecular weight excluding hydrogens is 508 g/mol. The number of nitrogens with one attached hydrogen (secondary N) is 2. The number of sulfonamides is 1. The highest BCUT2D eigenvalue weighted by atomic mass is 32.2. The van der Waals surface area contributed by atoms with Gasteiger partial charge in [-0.15, -0.1) is 0 Å². The Balaban J connectivity index is 1.87. The standard InChI is InChI=1S/C28H34N2O7S/c1-19-12-14-23(15-13-19)38(34,35)30-25-18-37-28(33)24(16-22-9-5-4-6-10-22)29-27(32)21(3)17-36-26(31)11-7-8-20(25)2/h4-10,12-15,20-21,24-25,30H,11,16-18H2,1-3H3,(H,29,32)/b8-7+/t20-,21-,24-,25-/m0/s1. The fraction of sp³-hybridized carbons (Fsp3) is 0.393. The number of carbonyl (C=O) groups is 3. The van der Waals surface area contributed by atoms with E-state index in [9.17, 15) is 22.8 Å². The van der Waals surface area contributed by atoms with Crippen molar-refractivity contribution >= 4 is 27.9 Å². The summed E-state index contributed by atoms with van der Waals surface area (Å²) < 4.78 is 39.6. The highest BCUT2D eigenvalue weighted by Gasteiger charge is 2.29. The van der Waals surface area contributed by atoms with Crippen LogP contribution in [0.5, 0.6) is 0 Å². The zero-order chi connectivity index (χ0) is 27.7. The number of amides is 1. The van der Waals surface area contributed by atoms with Gasteiger partial charge in [0.05, 0.1) is 23.3 Å². The van der Waals surface area contributed by atoms with Gasteiger partial charge < -0.3 is 14.8 Å². The van der Waals surface area contributed by atoms with Crippen LogP contribution in [0.4, 0.5) is 0 Å². The molecule has 1 amide bonds. The molecule has 2 N–H and O–H groups in total. The fourth-order valence-corrected chi connectivity index (χ4v) is 5.08. The second-order valence-corrected chi connectivity index (χ2v) is 11.2. The molecule has 0 unspecified atom stereocenters. The van der Waals surface area contributed by atoms with Gasteiger partial charge in [0, 0.05) is 6.42 Å². The maximum atomic E-state index is 13.2. The van der Waals surface area contributed by atoms with Gasteiger partial charge in [-0.1, -0.05) is 74.0 Å². The van der Waals surface area contributed by atoms with E-state index in [1.807, 2.05) is 37.3 Å². The third-order valence-electron chi connectivity index (χ3n) is 6.23. The van der Waals surface area contributed by atoms with E-state index in [4.69, 9.17) is 9.47 Å². The van der Waals surface area contributed by atoms with Crippen LogP contribution in [0.2, 0.25) is 0 Å². The first-order chi connectivity index (χ1) is 18.0. The van der Waals surface area contributed by atoms with Gasteiger partial charge in [-0.05, 0) is 30.5 Å². The monoisotopic (exact) mass is 542 g/mol. The van der Waals surface area contributed by atoms with Crippen molar-refractivity contribution in [2.75, 3.05) is 13.2 Å². The van der Waals surface area contributed by atoms with Crippen molar-refractivity contribution in [3.8, 4) is 0 Å². The summed E-state index contributed by atoms with van der Waals surface area (Å²) in [4.78, 5) is 38.2. The summed E-state index contributed by atoms with van der Waals surface area (Å²) in [5.41, 5.74) is 1.72. The van der Waals surface area contributed by atoms with Crippen LogP contribution in [-0.4, -0.2) is 51.6 Å². The second kappa shape index (κ2) is 13.3. The lowest BCUT2D eigenvalue weighted by molar-refractivity contribution is -0.150. The number of cyclic esters (lactones) is 2. The Hall–Kier alpha value is -3.50. The molecule has 1 heterocycles. The molecule has 4 atom stereocenters. The lowest BCUT2D eigenvalue weighted by Crippen LogP contribution is -2.48. The molecule has 2 aromatic carbocycles. The molecule has 3 rings (SSSR count). The first-order valence-electron chi connectivity index (χ1n) is 12.5. The van der Waals surface area contributed by atoms with Crippen molar-refractivity contribution in [3.63, 3.8) is 0 Å².